The monoisotopic (exact) mass is 199 g/mol. The van der Waals surface area contributed by atoms with Crippen molar-refractivity contribution >= 4 is 11.9 Å². The third-order valence-corrected chi connectivity index (χ3v) is 3.84. The Bertz CT molecular complexity index is 316. The van der Waals surface area contributed by atoms with Crippen LogP contribution in [0, 0.1) is 11.3 Å². The van der Waals surface area contributed by atoms with Gasteiger partial charge in [0, 0.05) is 5.41 Å². The third kappa shape index (κ3) is 0.877. The van der Waals surface area contributed by atoms with Gasteiger partial charge in [-0.1, -0.05) is 6.42 Å². The van der Waals surface area contributed by atoms with Crippen LogP contribution in [-0.2, 0) is 9.59 Å². The van der Waals surface area contributed by atoms with Gasteiger partial charge in [0.15, 0.2) is 0 Å². The highest BCUT2D eigenvalue weighted by Crippen LogP contribution is 2.66. The van der Waals surface area contributed by atoms with E-state index >= 15 is 0 Å². The lowest BCUT2D eigenvalue weighted by atomic mass is 9.83. The van der Waals surface area contributed by atoms with E-state index in [2.05, 4.69) is 0 Å². The minimum Gasteiger partial charge on any atom is -0.481 e. The van der Waals surface area contributed by atoms with Crippen molar-refractivity contribution in [1.29, 1.82) is 0 Å². The first-order chi connectivity index (χ1) is 6.44. The number of hydrogen-bond acceptors (Lipinski definition) is 3. The van der Waals surface area contributed by atoms with E-state index in [-0.39, 0.29) is 0 Å². The highest BCUT2D eigenvalue weighted by molar-refractivity contribution is 5.85. The lowest BCUT2D eigenvalue weighted by Gasteiger charge is -2.27. The summed E-state index contributed by atoms with van der Waals surface area (Å²) in [5.74, 6) is -2.52. The average molecular weight is 199 g/mol. The molecule has 2 rings (SSSR count). The van der Waals surface area contributed by atoms with Gasteiger partial charge in [0.25, 0.3) is 0 Å². The molecule has 14 heavy (non-hydrogen) atoms. The molecular weight excluding hydrogens is 186 g/mol. The molecule has 2 saturated carbocycles. The molecule has 2 unspecified atom stereocenters. The Morgan fingerprint density at radius 1 is 1.29 bits per heavy atom. The van der Waals surface area contributed by atoms with E-state index in [9.17, 15) is 9.59 Å². The summed E-state index contributed by atoms with van der Waals surface area (Å²) in [5.41, 5.74) is 3.84. The number of carbonyl (C=O) groups is 2. The van der Waals surface area contributed by atoms with Gasteiger partial charge in [0.1, 0.15) is 5.54 Å². The molecule has 0 aromatic heterocycles. The summed E-state index contributed by atoms with van der Waals surface area (Å²) in [6, 6.07) is 0. The van der Waals surface area contributed by atoms with Gasteiger partial charge in [-0.2, -0.15) is 0 Å². The minimum absolute atomic E-state index is 0.395. The van der Waals surface area contributed by atoms with Crippen LogP contribution < -0.4 is 5.73 Å². The predicted octanol–water partition coefficient (Wildman–Crippen LogP) is 0.0433. The summed E-state index contributed by atoms with van der Waals surface area (Å²) >= 11 is 0. The summed E-state index contributed by atoms with van der Waals surface area (Å²) in [6.45, 7) is 0. The first kappa shape index (κ1) is 9.45. The second-order valence-electron chi connectivity index (χ2n) is 4.38. The fourth-order valence-corrected chi connectivity index (χ4v) is 2.87. The Morgan fingerprint density at radius 3 is 2.36 bits per heavy atom. The van der Waals surface area contributed by atoms with Gasteiger partial charge >= 0.3 is 11.9 Å². The molecule has 3 atom stereocenters. The third-order valence-electron chi connectivity index (χ3n) is 3.84. The van der Waals surface area contributed by atoms with Crippen molar-refractivity contribution in [3.8, 4) is 0 Å². The van der Waals surface area contributed by atoms with Gasteiger partial charge in [-0.25, -0.2) is 0 Å². The molecule has 5 heteroatoms. The van der Waals surface area contributed by atoms with Crippen LogP contribution in [0.3, 0.4) is 0 Å². The van der Waals surface area contributed by atoms with Crippen LogP contribution >= 0.6 is 0 Å². The van der Waals surface area contributed by atoms with E-state index in [1.54, 1.807) is 0 Å². The smallest absolute Gasteiger partial charge is 0.324 e. The molecule has 0 amide bonds. The first-order valence-corrected chi connectivity index (χ1v) is 4.69. The van der Waals surface area contributed by atoms with Gasteiger partial charge in [0.2, 0.25) is 0 Å². The van der Waals surface area contributed by atoms with Crippen molar-refractivity contribution in [1.82, 2.24) is 0 Å². The predicted molar refractivity (Wildman–Crippen MR) is 46.6 cm³/mol. The maximum atomic E-state index is 11.0. The highest BCUT2D eigenvalue weighted by Gasteiger charge is 2.72. The second-order valence-corrected chi connectivity index (χ2v) is 4.38. The summed E-state index contributed by atoms with van der Waals surface area (Å²) < 4.78 is 0. The van der Waals surface area contributed by atoms with Gasteiger partial charge in [-0.05, 0) is 19.3 Å². The van der Waals surface area contributed by atoms with Crippen LogP contribution in [0.4, 0.5) is 0 Å². The molecule has 0 heterocycles. The van der Waals surface area contributed by atoms with Crippen molar-refractivity contribution in [2.24, 2.45) is 17.1 Å². The van der Waals surface area contributed by atoms with Crippen LogP contribution in [0.1, 0.15) is 25.7 Å². The van der Waals surface area contributed by atoms with Gasteiger partial charge in [0.05, 0.1) is 5.92 Å². The number of carboxylic acids is 2. The zero-order chi connectivity index (χ0) is 10.6. The van der Waals surface area contributed by atoms with E-state index in [4.69, 9.17) is 15.9 Å². The first-order valence-electron chi connectivity index (χ1n) is 4.69. The zero-order valence-corrected chi connectivity index (χ0v) is 7.69. The Morgan fingerprint density at radius 2 is 1.93 bits per heavy atom. The molecule has 0 aliphatic heterocycles. The highest BCUT2D eigenvalue weighted by atomic mass is 16.4. The molecule has 0 radical (unpaired) electrons. The fourth-order valence-electron chi connectivity index (χ4n) is 2.87. The molecule has 0 aromatic carbocycles. The summed E-state index contributed by atoms with van der Waals surface area (Å²) in [5, 5.41) is 17.9. The van der Waals surface area contributed by atoms with Crippen molar-refractivity contribution < 1.29 is 19.8 Å². The standard InChI is InChI=1S/C9H13NO4/c10-9(7(13)14)3-1-2-8(9)4-5(8)6(11)12/h5H,1-4,10H2,(H,11,12)(H,13,14)/t5?,8?,9-/m0/s1. The van der Waals surface area contributed by atoms with Crippen molar-refractivity contribution in [3.63, 3.8) is 0 Å². The summed E-state index contributed by atoms with van der Waals surface area (Å²) in [4.78, 5) is 21.8. The van der Waals surface area contributed by atoms with Crippen LogP contribution in [0.25, 0.3) is 0 Å². The topological polar surface area (TPSA) is 101 Å². The maximum absolute atomic E-state index is 11.0. The molecule has 4 N–H and O–H groups in total. The molecule has 2 aliphatic carbocycles. The van der Waals surface area contributed by atoms with Gasteiger partial charge < -0.3 is 15.9 Å². The van der Waals surface area contributed by atoms with Crippen LogP contribution in [0.5, 0.6) is 0 Å². The molecular formula is C9H13NO4. The zero-order valence-electron chi connectivity index (χ0n) is 7.69. The number of aliphatic carboxylic acids is 2. The molecule has 0 saturated heterocycles. The van der Waals surface area contributed by atoms with E-state index in [1.807, 2.05) is 0 Å². The number of rotatable bonds is 2. The summed E-state index contributed by atoms with van der Waals surface area (Å²) in [7, 11) is 0. The number of carboxylic acid groups (broad SMARTS) is 2. The fraction of sp³-hybridized carbons (Fsp3) is 0.778. The van der Waals surface area contributed by atoms with Crippen molar-refractivity contribution in [2.75, 3.05) is 0 Å². The van der Waals surface area contributed by atoms with Crippen molar-refractivity contribution in [3.05, 3.63) is 0 Å². The number of nitrogens with two attached hydrogens (primary N) is 1. The Kier molecular flexibility index (Phi) is 1.67. The number of hydrogen-bond donors (Lipinski definition) is 3. The minimum atomic E-state index is -1.31. The van der Waals surface area contributed by atoms with Crippen LogP contribution in [-0.4, -0.2) is 27.7 Å². The molecule has 1 spiro atoms. The SMILES string of the molecule is N[C@]1(C(=O)O)CCCC12CC2C(=O)O. The lowest BCUT2D eigenvalue weighted by molar-refractivity contribution is -0.146. The quantitative estimate of drug-likeness (QED) is 0.583. The van der Waals surface area contributed by atoms with Crippen LogP contribution in [0.2, 0.25) is 0 Å². The van der Waals surface area contributed by atoms with Crippen molar-refractivity contribution in [2.45, 2.75) is 31.2 Å². The molecule has 2 aliphatic rings. The van der Waals surface area contributed by atoms with E-state index in [0.29, 0.717) is 25.7 Å². The molecule has 0 bridgehead atoms. The van der Waals surface area contributed by atoms with Crippen LogP contribution in [0.15, 0.2) is 0 Å². The maximum Gasteiger partial charge on any atom is 0.324 e. The lowest BCUT2D eigenvalue weighted by Crippen LogP contribution is -2.53. The van der Waals surface area contributed by atoms with Gasteiger partial charge in [-0.3, -0.25) is 9.59 Å². The normalized spacial score (nSPS) is 45.4. The largest absolute Gasteiger partial charge is 0.481 e. The van der Waals surface area contributed by atoms with E-state index in [1.165, 1.54) is 0 Å². The Labute approximate surface area is 80.9 Å². The molecule has 78 valence electrons. The Hall–Kier alpha value is -1.10. The molecule has 2 fully saturated rings. The van der Waals surface area contributed by atoms with Gasteiger partial charge in [-0.15, -0.1) is 0 Å². The Balaban J connectivity index is 2.30. The molecule has 5 nitrogen and oxygen atoms in total. The van der Waals surface area contributed by atoms with E-state index in [0.717, 1.165) is 0 Å². The van der Waals surface area contributed by atoms with E-state index < -0.39 is 28.8 Å². The summed E-state index contributed by atoms with van der Waals surface area (Å²) in [6.07, 6.45) is 2.16. The average Bonchev–Trinajstić information content (AvgIpc) is 2.70. The second kappa shape index (κ2) is 2.48. The molecule has 0 aromatic rings.